The average molecular weight is 490 g/mol. The minimum Gasteiger partial charge on any atom is -0.338 e. The van der Waals surface area contributed by atoms with Crippen molar-refractivity contribution < 1.29 is 9.59 Å². The molecule has 0 spiro atoms. The monoisotopic (exact) mass is 489 g/mol. The lowest BCUT2D eigenvalue weighted by atomic mass is 9.76. The summed E-state index contributed by atoms with van der Waals surface area (Å²) in [6.45, 7) is 12.2. The van der Waals surface area contributed by atoms with Gasteiger partial charge in [0.25, 0.3) is 5.91 Å². The van der Waals surface area contributed by atoms with E-state index in [-0.39, 0.29) is 29.2 Å². The van der Waals surface area contributed by atoms with Gasteiger partial charge in [0.1, 0.15) is 0 Å². The van der Waals surface area contributed by atoms with Crippen molar-refractivity contribution in [1.82, 2.24) is 25.5 Å². The number of rotatable bonds is 6. The summed E-state index contributed by atoms with van der Waals surface area (Å²) >= 11 is 0. The molecule has 3 amide bonds. The van der Waals surface area contributed by atoms with Gasteiger partial charge in [-0.15, -0.1) is 0 Å². The van der Waals surface area contributed by atoms with Gasteiger partial charge in [-0.3, -0.25) is 4.79 Å². The fourth-order valence-corrected chi connectivity index (χ4v) is 5.12. The summed E-state index contributed by atoms with van der Waals surface area (Å²) < 4.78 is 2.09. The van der Waals surface area contributed by atoms with E-state index in [1.165, 1.54) is 0 Å². The highest BCUT2D eigenvalue weighted by molar-refractivity contribution is 5.97. The van der Waals surface area contributed by atoms with E-state index in [0.29, 0.717) is 12.5 Å². The number of imidazole rings is 1. The molecule has 192 valence electrons. The molecule has 1 aromatic heterocycles. The smallest absolute Gasteiger partial charge is 0.319 e. The van der Waals surface area contributed by atoms with Crippen LogP contribution in [0.1, 0.15) is 59.7 Å². The SMILES string of the molecule is CCCNC(=O)NC1=CC(C2CC=CC(NC(=O)C3=CCC(C(C)(C)C)C=C3)=C2C)Cn2ccnc21. The number of allylic oxidation sites excluding steroid dienone is 6. The van der Waals surface area contributed by atoms with Crippen molar-refractivity contribution in [1.29, 1.82) is 0 Å². The van der Waals surface area contributed by atoms with Crippen molar-refractivity contribution in [3.8, 4) is 0 Å². The molecule has 3 unspecified atom stereocenters. The van der Waals surface area contributed by atoms with Gasteiger partial charge in [-0.2, -0.15) is 0 Å². The quantitative estimate of drug-likeness (QED) is 0.521. The molecule has 2 aliphatic carbocycles. The van der Waals surface area contributed by atoms with E-state index >= 15 is 0 Å². The van der Waals surface area contributed by atoms with Crippen molar-refractivity contribution in [2.45, 2.75) is 60.4 Å². The summed E-state index contributed by atoms with van der Waals surface area (Å²) in [5.41, 5.74) is 3.64. The Balaban J connectivity index is 1.49. The third kappa shape index (κ3) is 5.72. The van der Waals surface area contributed by atoms with Crippen molar-refractivity contribution >= 4 is 17.6 Å². The molecule has 0 bridgehead atoms. The first kappa shape index (κ1) is 25.7. The summed E-state index contributed by atoms with van der Waals surface area (Å²) in [4.78, 5) is 29.9. The zero-order valence-electron chi connectivity index (χ0n) is 22.1. The molecule has 0 radical (unpaired) electrons. The number of nitrogens with one attached hydrogen (secondary N) is 3. The molecule has 1 aromatic rings. The van der Waals surface area contributed by atoms with Crippen LogP contribution in [-0.4, -0.2) is 28.0 Å². The maximum absolute atomic E-state index is 13.1. The first-order valence-electron chi connectivity index (χ1n) is 13.0. The van der Waals surface area contributed by atoms with Crippen molar-refractivity contribution in [3.05, 3.63) is 71.5 Å². The molecule has 1 aliphatic heterocycles. The molecule has 0 fully saturated rings. The molecule has 7 nitrogen and oxygen atoms in total. The Morgan fingerprint density at radius 2 is 1.97 bits per heavy atom. The van der Waals surface area contributed by atoms with Crippen LogP contribution in [-0.2, 0) is 11.3 Å². The molecular weight excluding hydrogens is 450 g/mol. The summed E-state index contributed by atoms with van der Waals surface area (Å²) in [5, 5.41) is 9.02. The average Bonchev–Trinajstić information content (AvgIpc) is 3.32. The molecule has 4 rings (SSSR count). The number of carbonyl (C=O) groups excluding carboxylic acids is 2. The van der Waals surface area contributed by atoms with E-state index in [1.807, 2.05) is 25.3 Å². The lowest BCUT2D eigenvalue weighted by Gasteiger charge is -2.33. The van der Waals surface area contributed by atoms with E-state index in [2.05, 4.69) is 77.5 Å². The van der Waals surface area contributed by atoms with Crippen LogP contribution in [0, 0.1) is 23.2 Å². The number of urea groups is 1. The summed E-state index contributed by atoms with van der Waals surface area (Å²) in [5.74, 6) is 1.50. The number of nitrogens with zero attached hydrogens (tertiary/aromatic N) is 2. The fraction of sp³-hybridized carbons (Fsp3) is 0.483. The molecule has 7 heteroatoms. The second-order valence-corrected chi connectivity index (χ2v) is 11.1. The number of carbonyl (C=O) groups is 2. The molecular formula is C29H39N5O2. The molecule has 2 heterocycles. The Bertz CT molecular complexity index is 1160. The number of aromatic nitrogens is 2. The van der Waals surface area contributed by atoms with Crippen LogP contribution in [0.15, 0.2) is 65.7 Å². The normalized spacial score (nSPS) is 23.5. The minimum absolute atomic E-state index is 0.0655. The van der Waals surface area contributed by atoms with E-state index in [0.717, 1.165) is 54.2 Å². The minimum atomic E-state index is -0.218. The first-order chi connectivity index (χ1) is 17.2. The van der Waals surface area contributed by atoms with E-state index in [1.54, 1.807) is 6.20 Å². The van der Waals surface area contributed by atoms with Gasteiger partial charge in [-0.05, 0) is 55.1 Å². The third-order valence-corrected chi connectivity index (χ3v) is 7.42. The lowest BCUT2D eigenvalue weighted by molar-refractivity contribution is -0.116. The van der Waals surface area contributed by atoms with Gasteiger partial charge >= 0.3 is 6.03 Å². The number of amides is 3. The Morgan fingerprint density at radius 3 is 2.67 bits per heavy atom. The highest BCUT2D eigenvalue weighted by atomic mass is 16.2. The predicted molar refractivity (Wildman–Crippen MR) is 143 cm³/mol. The Hall–Kier alpha value is -3.35. The Labute approximate surface area is 214 Å². The van der Waals surface area contributed by atoms with Crippen molar-refractivity contribution in [3.63, 3.8) is 0 Å². The van der Waals surface area contributed by atoms with Crippen LogP contribution in [0.4, 0.5) is 4.79 Å². The van der Waals surface area contributed by atoms with E-state index in [9.17, 15) is 9.59 Å². The van der Waals surface area contributed by atoms with Crippen LogP contribution in [0.25, 0.3) is 5.70 Å². The fourth-order valence-electron chi connectivity index (χ4n) is 5.12. The number of fused-ring (bicyclic) bond motifs is 1. The summed E-state index contributed by atoms with van der Waals surface area (Å²) in [7, 11) is 0. The topological polar surface area (TPSA) is 88.0 Å². The molecule has 0 saturated heterocycles. The standard InChI is InChI=1S/C29H39N5O2/c1-6-14-31-28(36)33-25-17-21(18-34-16-15-30-26(25)34)23-8-7-9-24(19(23)2)32-27(35)20-10-12-22(13-11-20)29(3,4)5/h7,9-12,15-17,21-23H,6,8,13-14,18H2,1-5H3,(H,32,35)(H2,31,33,36). The van der Waals surface area contributed by atoms with Crippen LogP contribution in [0.3, 0.4) is 0 Å². The highest BCUT2D eigenvalue weighted by Crippen LogP contribution is 2.36. The maximum Gasteiger partial charge on any atom is 0.319 e. The predicted octanol–water partition coefficient (Wildman–Crippen LogP) is 5.08. The largest absolute Gasteiger partial charge is 0.338 e. The van der Waals surface area contributed by atoms with E-state index < -0.39 is 0 Å². The van der Waals surface area contributed by atoms with Crippen LogP contribution in [0.2, 0.25) is 0 Å². The third-order valence-electron chi connectivity index (χ3n) is 7.42. The van der Waals surface area contributed by atoms with Crippen LogP contribution < -0.4 is 16.0 Å². The highest BCUT2D eigenvalue weighted by Gasteiger charge is 2.31. The zero-order valence-corrected chi connectivity index (χ0v) is 22.1. The van der Waals surface area contributed by atoms with Crippen molar-refractivity contribution in [2.24, 2.45) is 23.2 Å². The number of hydrogen-bond acceptors (Lipinski definition) is 3. The first-order valence-corrected chi connectivity index (χ1v) is 13.0. The summed E-state index contributed by atoms with van der Waals surface area (Å²) in [6, 6.07) is -0.218. The van der Waals surface area contributed by atoms with Gasteiger partial charge < -0.3 is 20.5 Å². The maximum atomic E-state index is 13.1. The molecule has 0 saturated carbocycles. The van der Waals surface area contributed by atoms with Crippen LogP contribution >= 0.6 is 0 Å². The molecule has 0 aromatic carbocycles. The lowest BCUT2D eigenvalue weighted by Crippen LogP contribution is -2.37. The van der Waals surface area contributed by atoms with Crippen LogP contribution in [0.5, 0.6) is 0 Å². The zero-order chi connectivity index (χ0) is 25.9. The molecule has 3 aliphatic rings. The molecule has 3 N–H and O–H groups in total. The van der Waals surface area contributed by atoms with Crippen molar-refractivity contribution in [2.75, 3.05) is 6.54 Å². The van der Waals surface area contributed by atoms with Gasteiger partial charge in [-0.25, -0.2) is 9.78 Å². The molecule has 36 heavy (non-hydrogen) atoms. The van der Waals surface area contributed by atoms with Gasteiger partial charge in [-0.1, -0.05) is 58.1 Å². The van der Waals surface area contributed by atoms with E-state index in [4.69, 9.17) is 0 Å². The second-order valence-electron chi connectivity index (χ2n) is 11.1. The van der Waals surface area contributed by atoms with Gasteiger partial charge in [0, 0.05) is 42.7 Å². The summed E-state index contributed by atoms with van der Waals surface area (Å²) in [6.07, 6.45) is 18.8. The number of hydrogen-bond donors (Lipinski definition) is 3. The Kier molecular flexibility index (Phi) is 7.67. The van der Waals surface area contributed by atoms with Gasteiger partial charge in [0.05, 0.1) is 5.70 Å². The Morgan fingerprint density at radius 1 is 1.17 bits per heavy atom. The molecule has 3 atom stereocenters. The second kappa shape index (κ2) is 10.7. The van der Waals surface area contributed by atoms with Gasteiger partial charge in [0.15, 0.2) is 5.82 Å². The van der Waals surface area contributed by atoms with Gasteiger partial charge in [0.2, 0.25) is 0 Å².